The average molecular weight is 330 g/mol. The topological polar surface area (TPSA) is 98.0 Å². The summed E-state index contributed by atoms with van der Waals surface area (Å²) < 4.78 is 0. The first-order valence-corrected chi connectivity index (χ1v) is 9.04. The van der Waals surface area contributed by atoms with E-state index >= 15 is 0 Å². The van der Waals surface area contributed by atoms with Crippen LogP contribution >= 0.6 is 0 Å². The number of rotatable bonds is 15. The first-order chi connectivity index (χ1) is 11.0. The summed E-state index contributed by atoms with van der Waals surface area (Å²) in [6, 6.07) is 0. The maximum Gasteiger partial charge on any atom is 0.374 e. The summed E-state index contributed by atoms with van der Waals surface area (Å²) in [6.45, 7) is 2.23. The summed E-state index contributed by atoms with van der Waals surface area (Å²) in [6.07, 6.45) is 13.4. The van der Waals surface area contributed by atoms with Gasteiger partial charge >= 0.3 is 5.97 Å². The Morgan fingerprint density at radius 2 is 1.13 bits per heavy atom. The molecule has 0 amide bonds. The quantitative estimate of drug-likeness (QED) is 0.195. The van der Waals surface area contributed by atoms with E-state index in [4.69, 9.17) is 10.2 Å². The van der Waals surface area contributed by atoms with Crippen molar-refractivity contribution in [2.24, 2.45) is 0 Å². The van der Waals surface area contributed by atoms with E-state index in [1.54, 1.807) is 0 Å². The molecule has 1 unspecified atom stereocenters. The molecule has 0 aliphatic rings. The van der Waals surface area contributed by atoms with E-state index in [9.17, 15) is 15.0 Å². The Kier molecular flexibility index (Phi) is 13.6. The van der Waals surface area contributed by atoms with Crippen molar-refractivity contribution in [3.63, 3.8) is 0 Å². The fourth-order valence-corrected chi connectivity index (χ4v) is 2.58. The summed E-state index contributed by atoms with van der Waals surface area (Å²) in [7, 11) is 0. The number of hydrogen-bond acceptors (Lipinski definition) is 4. The Hall–Kier alpha value is -1.23. The van der Waals surface area contributed by atoms with E-state index in [0.29, 0.717) is 6.42 Å². The Morgan fingerprint density at radius 1 is 0.739 bits per heavy atom. The van der Waals surface area contributed by atoms with Crippen LogP contribution in [0.2, 0.25) is 0 Å². The number of carboxylic acids is 1. The van der Waals surface area contributed by atoms with Gasteiger partial charge in [0.25, 0.3) is 0 Å². The summed E-state index contributed by atoms with van der Waals surface area (Å²) in [4.78, 5) is 10.4. The molecule has 0 aromatic heterocycles. The van der Waals surface area contributed by atoms with Gasteiger partial charge in [-0.3, -0.25) is 0 Å². The van der Waals surface area contributed by atoms with Crippen LogP contribution in [0.15, 0.2) is 11.5 Å². The minimum atomic E-state index is -1.63. The molecule has 5 heteroatoms. The van der Waals surface area contributed by atoms with Gasteiger partial charge in [-0.2, -0.15) is 0 Å². The van der Waals surface area contributed by atoms with Gasteiger partial charge < -0.3 is 20.4 Å². The molecule has 23 heavy (non-hydrogen) atoms. The second kappa shape index (κ2) is 14.4. The van der Waals surface area contributed by atoms with Gasteiger partial charge in [-0.15, -0.1) is 0 Å². The molecule has 4 N–H and O–H groups in total. The smallest absolute Gasteiger partial charge is 0.374 e. The van der Waals surface area contributed by atoms with Crippen molar-refractivity contribution in [3.8, 4) is 0 Å². The zero-order valence-electron chi connectivity index (χ0n) is 14.5. The Bertz CT molecular complexity index is 338. The van der Waals surface area contributed by atoms with Crippen molar-refractivity contribution in [1.82, 2.24) is 0 Å². The number of hydrogen-bond donors (Lipinski definition) is 4. The molecule has 0 rings (SSSR count). The number of aliphatic hydroxyl groups excluding tert-OH is 3. The molecule has 1 atom stereocenters. The van der Waals surface area contributed by atoms with Crippen molar-refractivity contribution in [3.05, 3.63) is 11.5 Å². The van der Waals surface area contributed by atoms with Gasteiger partial charge in [0.05, 0.1) is 0 Å². The lowest BCUT2D eigenvalue weighted by Crippen LogP contribution is -2.16. The molecule has 0 saturated heterocycles. The molecular weight excluding hydrogens is 296 g/mol. The molecule has 0 fully saturated rings. The minimum Gasteiger partial charge on any atom is -0.506 e. The lowest BCUT2D eigenvalue weighted by Gasteiger charge is -2.10. The number of aliphatic carboxylic acids is 1. The minimum absolute atomic E-state index is 0.264. The SMILES string of the molecule is CCCCCCCCCCCCCCC(O)/C(O)=C(/O)C(=O)O. The van der Waals surface area contributed by atoms with Crippen LogP contribution in [0, 0.1) is 0 Å². The number of carboxylic acid groups (broad SMARTS) is 1. The third-order valence-corrected chi connectivity index (χ3v) is 4.09. The summed E-state index contributed by atoms with van der Waals surface area (Å²) >= 11 is 0. The lowest BCUT2D eigenvalue weighted by molar-refractivity contribution is -0.136. The fraction of sp³-hybridized carbons (Fsp3) is 0.833. The Morgan fingerprint density at radius 3 is 1.52 bits per heavy atom. The molecule has 136 valence electrons. The zero-order chi connectivity index (χ0) is 17.5. The van der Waals surface area contributed by atoms with Crippen molar-refractivity contribution in [2.45, 2.75) is 96.5 Å². The molecule has 0 aromatic rings. The van der Waals surface area contributed by atoms with Crippen molar-refractivity contribution in [1.29, 1.82) is 0 Å². The van der Waals surface area contributed by atoms with Crippen LogP contribution in [0.5, 0.6) is 0 Å². The molecule has 0 heterocycles. The molecule has 0 spiro atoms. The lowest BCUT2D eigenvalue weighted by atomic mass is 10.0. The van der Waals surface area contributed by atoms with Crippen molar-refractivity contribution < 1.29 is 25.2 Å². The van der Waals surface area contributed by atoms with E-state index in [1.807, 2.05) is 0 Å². The first-order valence-electron chi connectivity index (χ1n) is 9.04. The van der Waals surface area contributed by atoms with Gasteiger partial charge in [-0.05, 0) is 6.42 Å². The van der Waals surface area contributed by atoms with Crippen LogP contribution in [0.1, 0.15) is 90.4 Å². The molecule has 0 bridgehead atoms. The van der Waals surface area contributed by atoms with Crippen molar-refractivity contribution in [2.75, 3.05) is 0 Å². The largest absolute Gasteiger partial charge is 0.506 e. The van der Waals surface area contributed by atoms with Gasteiger partial charge in [-0.25, -0.2) is 4.79 Å². The molecule has 0 aromatic carbocycles. The van der Waals surface area contributed by atoms with Crippen LogP contribution < -0.4 is 0 Å². The van der Waals surface area contributed by atoms with Gasteiger partial charge in [0.2, 0.25) is 5.76 Å². The normalized spacial score (nSPS) is 13.7. The molecule has 0 aliphatic heterocycles. The zero-order valence-corrected chi connectivity index (χ0v) is 14.5. The summed E-state index contributed by atoms with van der Waals surface area (Å²) in [5, 5.41) is 36.4. The maximum absolute atomic E-state index is 10.4. The fourth-order valence-electron chi connectivity index (χ4n) is 2.58. The van der Waals surface area contributed by atoms with E-state index in [1.165, 1.54) is 57.8 Å². The summed E-state index contributed by atoms with van der Waals surface area (Å²) in [5.41, 5.74) is 0. The van der Waals surface area contributed by atoms with Gasteiger partial charge in [0.15, 0.2) is 5.76 Å². The first kappa shape index (κ1) is 21.8. The Balaban J connectivity index is 3.46. The van der Waals surface area contributed by atoms with Gasteiger partial charge in [-0.1, -0.05) is 84.0 Å². The third-order valence-electron chi connectivity index (χ3n) is 4.09. The third kappa shape index (κ3) is 11.9. The average Bonchev–Trinajstić information content (AvgIpc) is 2.54. The molecule has 5 nitrogen and oxygen atoms in total. The van der Waals surface area contributed by atoms with Crippen LogP contribution in [-0.2, 0) is 4.79 Å². The molecule has 0 radical (unpaired) electrons. The predicted octanol–water partition coefficient (Wildman–Crippen LogP) is 4.85. The number of unbranched alkanes of at least 4 members (excludes halogenated alkanes) is 11. The standard InChI is InChI=1S/C18H34O5/c1-2-3-4-5-6-7-8-9-10-11-12-13-14-15(19)16(20)17(21)18(22)23/h15,19-21H,2-14H2,1H3,(H,22,23)/b17-16-. The second-order valence-corrected chi connectivity index (χ2v) is 6.23. The van der Waals surface area contributed by atoms with Gasteiger partial charge in [0.1, 0.15) is 6.10 Å². The second-order valence-electron chi connectivity index (χ2n) is 6.23. The van der Waals surface area contributed by atoms with E-state index < -0.39 is 23.6 Å². The summed E-state index contributed by atoms with van der Waals surface area (Å²) in [5.74, 6) is -3.65. The highest BCUT2D eigenvalue weighted by Crippen LogP contribution is 2.15. The molecular formula is C18H34O5. The van der Waals surface area contributed by atoms with E-state index in [0.717, 1.165) is 12.8 Å². The predicted molar refractivity (Wildman–Crippen MR) is 91.6 cm³/mol. The molecule has 0 saturated carbocycles. The number of aliphatic hydroxyl groups is 3. The monoisotopic (exact) mass is 330 g/mol. The highest BCUT2D eigenvalue weighted by atomic mass is 16.4. The van der Waals surface area contributed by atoms with Crippen LogP contribution in [0.4, 0.5) is 0 Å². The van der Waals surface area contributed by atoms with E-state index in [-0.39, 0.29) is 6.42 Å². The van der Waals surface area contributed by atoms with E-state index in [2.05, 4.69) is 6.92 Å². The Labute approximate surface area is 140 Å². The van der Waals surface area contributed by atoms with Crippen molar-refractivity contribution >= 4 is 5.97 Å². The van der Waals surface area contributed by atoms with Gasteiger partial charge in [0, 0.05) is 0 Å². The van der Waals surface area contributed by atoms with Crippen LogP contribution in [-0.4, -0.2) is 32.5 Å². The highest BCUT2D eigenvalue weighted by molar-refractivity contribution is 5.84. The highest BCUT2D eigenvalue weighted by Gasteiger charge is 2.19. The maximum atomic E-state index is 10.4. The van der Waals surface area contributed by atoms with Crippen LogP contribution in [0.3, 0.4) is 0 Å². The molecule has 0 aliphatic carbocycles. The van der Waals surface area contributed by atoms with Crippen LogP contribution in [0.25, 0.3) is 0 Å². The number of carbonyl (C=O) groups is 1.